The molecule has 1 aromatic rings. The predicted molar refractivity (Wildman–Crippen MR) is 72.6 cm³/mol. The minimum Gasteiger partial charge on any atom is -0.383 e. The molecular formula is C14H23N3O. The highest BCUT2D eigenvalue weighted by atomic mass is 16.5. The second kappa shape index (κ2) is 6.83. The van der Waals surface area contributed by atoms with Crippen LogP contribution >= 0.6 is 0 Å². The van der Waals surface area contributed by atoms with Crippen molar-refractivity contribution < 1.29 is 4.74 Å². The van der Waals surface area contributed by atoms with Gasteiger partial charge in [0.15, 0.2) is 0 Å². The quantitative estimate of drug-likeness (QED) is 0.783. The Kier molecular flexibility index (Phi) is 5.11. The van der Waals surface area contributed by atoms with Gasteiger partial charge in [0.05, 0.1) is 12.3 Å². The highest BCUT2D eigenvalue weighted by Gasteiger charge is 2.16. The minimum atomic E-state index is 0.833. The van der Waals surface area contributed by atoms with E-state index in [4.69, 9.17) is 4.74 Å². The zero-order valence-electron chi connectivity index (χ0n) is 11.4. The van der Waals surface area contributed by atoms with Gasteiger partial charge in [-0.15, -0.1) is 0 Å². The molecule has 1 aliphatic rings. The Labute approximate surface area is 110 Å². The third-order valence-electron chi connectivity index (χ3n) is 3.41. The lowest BCUT2D eigenvalue weighted by Crippen LogP contribution is -2.46. The van der Waals surface area contributed by atoms with Crippen LogP contribution in [-0.4, -0.2) is 61.2 Å². The lowest BCUT2D eigenvalue weighted by atomic mass is 10.2. The summed E-state index contributed by atoms with van der Waals surface area (Å²) in [5.41, 5.74) is 2.28. The summed E-state index contributed by atoms with van der Waals surface area (Å²) in [6, 6.07) is 6.25. The van der Waals surface area contributed by atoms with Crippen LogP contribution in [0.5, 0.6) is 0 Å². The van der Waals surface area contributed by atoms with E-state index in [1.54, 1.807) is 7.11 Å². The van der Waals surface area contributed by atoms with Crippen LogP contribution < -0.4 is 0 Å². The van der Waals surface area contributed by atoms with Gasteiger partial charge in [-0.1, -0.05) is 6.07 Å². The van der Waals surface area contributed by atoms with Gasteiger partial charge in [0, 0.05) is 52.1 Å². The van der Waals surface area contributed by atoms with Gasteiger partial charge in [-0.25, -0.2) is 0 Å². The van der Waals surface area contributed by atoms with Crippen LogP contribution in [-0.2, 0) is 11.3 Å². The van der Waals surface area contributed by atoms with Crippen molar-refractivity contribution in [2.24, 2.45) is 0 Å². The first-order valence-corrected chi connectivity index (χ1v) is 6.64. The summed E-state index contributed by atoms with van der Waals surface area (Å²) < 4.78 is 5.11. The van der Waals surface area contributed by atoms with E-state index in [-0.39, 0.29) is 0 Å². The molecule has 1 fully saturated rings. The molecule has 0 unspecified atom stereocenters. The van der Waals surface area contributed by atoms with E-state index in [1.165, 1.54) is 5.69 Å². The number of ether oxygens (including phenoxy) is 1. The number of hydrogen-bond donors (Lipinski definition) is 0. The van der Waals surface area contributed by atoms with E-state index >= 15 is 0 Å². The van der Waals surface area contributed by atoms with Gasteiger partial charge in [0.2, 0.25) is 0 Å². The van der Waals surface area contributed by atoms with Crippen LogP contribution in [0.25, 0.3) is 0 Å². The van der Waals surface area contributed by atoms with E-state index in [0.717, 1.165) is 51.6 Å². The van der Waals surface area contributed by atoms with Crippen molar-refractivity contribution in [1.29, 1.82) is 0 Å². The molecule has 0 aromatic carbocycles. The van der Waals surface area contributed by atoms with Crippen LogP contribution in [0.2, 0.25) is 0 Å². The molecule has 1 aliphatic heterocycles. The van der Waals surface area contributed by atoms with E-state index in [9.17, 15) is 0 Å². The number of nitrogens with zero attached hydrogens (tertiary/aromatic N) is 3. The lowest BCUT2D eigenvalue weighted by molar-refractivity contribution is 0.0932. The summed E-state index contributed by atoms with van der Waals surface area (Å²) in [6.07, 6.45) is 0. The Balaban J connectivity index is 1.76. The van der Waals surface area contributed by atoms with Gasteiger partial charge in [-0.2, -0.15) is 0 Å². The Morgan fingerprint density at radius 3 is 2.56 bits per heavy atom. The smallest absolute Gasteiger partial charge is 0.0589 e. The van der Waals surface area contributed by atoms with Gasteiger partial charge in [0.1, 0.15) is 0 Å². The summed E-state index contributed by atoms with van der Waals surface area (Å²) in [6.45, 7) is 9.42. The van der Waals surface area contributed by atoms with E-state index < -0.39 is 0 Å². The topological polar surface area (TPSA) is 28.6 Å². The summed E-state index contributed by atoms with van der Waals surface area (Å²) in [7, 11) is 1.76. The zero-order chi connectivity index (χ0) is 12.8. The normalized spacial score (nSPS) is 18.1. The maximum absolute atomic E-state index is 5.11. The number of hydrogen-bond acceptors (Lipinski definition) is 4. The van der Waals surface area contributed by atoms with Crippen molar-refractivity contribution in [2.45, 2.75) is 13.5 Å². The molecule has 1 saturated heterocycles. The maximum Gasteiger partial charge on any atom is 0.0589 e. The van der Waals surface area contributed by atoms with E-state index in [0.29, 0.717) is 0 Å². The van der Waals surface area contributed by atoms with Crippen LogP contribution in [0.1, 0.15) is 11.4 Å². The Bertz CT molecular complexity index is 362. The largest absolute Gasteiger partial charge is 0.383 e. The predicted octanol–water partition coefficient (Wildman–Crippen LogP) is 1.15. The third kappa shape index (κ3) is 4.05. The van der Waals surface area contributed by atoms with Gasteiger partial charge < -0.3 is 4.74 Å². The van der Waals surface area contributed by atoms with Crippen LogP contribution in [0, 0.1) is 6.92 Å². The monoisotopic (exact) mass is 249 g/mol. The average Bonchev–Trinajstić information content (AvgIpc) is 2.38. The van der Waals surface area contributed by atoms with Crippen LogP contribution in [0.3, 0.4) is 0 Å². The summed E-state index contributed by atoms with van der Waals surface area (Å²) in [5.74, 6) is 0. The lowest BCUT2D eigenvalue weighted by Gasteiger charge is -2.34. The van der Waals surface area contributed by atoms with Crippen LogP contribution in [0.4, 0.5) is 0 Å². The van der Waals surface area contributed by atoms with Crippen molar-refractivity contribution in [3.05, 3.63) is 29.6 Å². The van der Waals surface area contributed by atoms with Gasteiger partial charge >= 0.3 is 0 Å². The second-order valence-corrected chi connectivity index (χ2v) is 4.88. The van der Waals surface area contributed by atoms with Crippen molar-refractivity contribution in [3.63, 3.8) is 0 Å². The number of methoxy groups -OCH3 is 1. The standard InChI is InChI=1S/C14H23N3O/c1-13-4-3-5-14(15-13)12-17-8-6-16(7-9-17)10-11-18-2/h3-5H,6-12H2,1-2H3. The number of rotatable bonds is 5. The number of aryl methyl sites for hydroxylation is 1. The molecule has 4 nitrogen and oxygen atoms in total. The highest BCUT2D eigenvalue weighted by Crippen LogP contribution is 2.07. The Hall–Kier alpha value is -0.970. The molecule has 0 bridgehead atoms. The van der Waals surface area contributed by atoms with Crippen molar-refractivity contribution in [2.75, 3.05) is 46.4 Å². The number of piperazine rings is 1. The molecule has 18 heavy (non-hydrogen) atoms. The number of pyridine rings is 1. The fourth-order valence-electron chi connectivity index (χ4n) is 2.31. The number of aromatic nitrogens is 1. The second-order valence-electron chi connectivity index (χ2n) is 4.88. The van der Waals surface area contributed by atoms with Gasteiger partial charge in [0.25, 0.3) is 0 Å². The molecule has 0 N–H and O–H groups in total. The molecule has 4 heteroatoms. The Morgan fingerprint density at radius 2 is 1.89 bits per heavy atom. The molecule has 0 atom stereocenters. The zero-order valence-corrected chi connectivity index (χ0v) is 11.4. The molecule has 0 saturated carbocycles. The van der Waals surface area contributed by atoms with Crippen LogP contribution in [0.15, 0.2) is 18.2 Å². The fraction of sp³-hybridized carbons (Fsp3) is 0.643. The maximum atomic E-state index is 5.11. The molecule has 0 aliphatic carbocycles. The summed E-state index contributed by atoms with van der Waals surface area (Å²) in [5, 5.41) is 0. The first-order chi connectivity index (χ1) is 8.78. The molecular weight excluding hydrogens is 226 g/mol. The van der Waals surface area contributed by atoms with Crippen molar-refractivity contribution in [3.8, 4) is 0 Å². The van der Waals surface area contributed by atoms with Gasteiger partial charge in [-0.05, 0) is 19.1 Å². The van der Waals surface area contributed by atoms with Crippen molar-refractivity contribution in [1.82, 2.24) is 14.8 Å². The molecule has 0 radical (unpaired) electrons. The minimum absolute atomic E-state index is 0.833. The molecule has 100 valence electrons. The first kappa shape index (κ1) is 13.5. The molecule has 1 aromatic heterocycles. The molecule has 2 heterocycles. The average molecular weight is 249 g/mol. The van der Waals surface area contributed by atoms with Gasteiger partial charge in [-0.3, -0.25) is 14.8 Å². The molecule has 2 rings (SSSR count). The highest BCUT2D eigenvalue weighted by molar-refractivity contribution is 5.09. The van der Waals surface area contributed by atoms with E-state index in [1.807, 2.05) is 13.0 Å². The molecule has 0 amide bonds. The fourth-order valence-corrected chi connectivity index (χ4v) is 2.31. The Morgan fingerprint density at radius 1 is 1.17 bits per heavy atom. The molecule has 0 spiro atoms. The summed E-state index contributed by atoms with van der Waals surface area (Å²) in [4.78, 5) is 9.50. The summed E-state index contributed by atoms with van der Waals surface area (Å²) >= 11 is 0. The van der Waals surface area contributed by atoms with E-state index in [2.05, 4.69) is 26.9 Å². The van der Waals surface area contributed by atoms with Crippen molar-refractivity contribution >= 4 is 0 Å². The third-order valence-corrected chi connectivity index (χ3v) is 3.41. The first-order valence-electron chi connectivity index (χ1n) is 6.64. The SMILES string of the molecule is COCCN1CCN(Cc2cccc(C)n2)CC1.